The largest absolute Gasteiger partial charge is 0.497 e. The van der Waals surface area contributed by atoms with Gasteiger partial charge in [0.15, 0.2) is 0 Å². The molecule has 7 nitrogen and oxygen atoms in total. The maximum absolute atomic E-state index is 12.1. The predicted octanol–water partition coefficient (Wildman–Crippen LogP) is 3.29. The number of amides is 1. The minimum Gasteiger partial charge on any atom is -0.497 e. The van der Waals surface area contributed by atoms with E-state index in [9.17, 15) is 4.79 Å². The number of hydrogen-bond acceptors (Lipinski definition) is 7. The molecule has 0 aliphatic carbocycles. The molecular formula is C21H32N4O3S. The van der Waals surface area contributed by atoms with Gasteiger partial charge in [0.25, 0.3) is 0 Å². The van der Waals surface area contributed by atoms with Crippen molar-refractivity contribution in [2.45, 2.75) is 39.0 Å². The van der Waals surface area contributed by atoms with E-state index in [1.807, 2.05) is 24.3 Å². The van der Waals surface area contributed by atoms with Crippen LogP contribution >= 0.6 is 11.5 Å². The van der Waals surface area contributed by atoms with Crippen LogP contribution in [-0.2, 0) is 16.0 Å². The number of methoxy groups -OCH3 is 2. The van der Waals surface area contributed by atoms with E-state index in [4.69, 9.17) is 14.5 Å². The summed E-state index contributed by atoms with van der Waals surface area (Å²) in [5.41, 5.74) is 1.12. The third-order valence-electron chi connectivity index (χ3n) is 4.46. The highest BCUT2D eigenvalue weighted by Crippen LogP contribution is 2.21. The molecule has 1 amide bonds. The minimum absolute atomic E-state index is 0.0590. The summed E-state index contributed by atoms with van der Waals surface area (Å²) < 4.78 is 14.8. The third kappa shape index (κ3) is 8.37. The van der Waals surface area contributed by atoms with Crippen molar-refractivity contribution in [3.05, 3.63) is 35.7 Å². The van der Waals surface area contributed by atoms with Gasteiger partial charge in [-0.3, -0.25) is 4.79 Å². The number of nitrogens with zero attached hydrogens (tertiary/aromatic N) is 3. The Labute approximate surface area is 177 Å². The molecule has 2 aromatic rings. The Morgan fingerprint density at radius 2 is 2.10 bits per heavy atom. The van der Waals surface area contributed by atoms with Crippen LogP contribution in [0.1, 0.15) is 44.0 Å². The van der Waals surface area contributed by atoms with E-state index in [0.717, 1.165) is 48.1 Å². The predicted molar refractivity (Wildman–Crippen MR) is 117 cm³/mol. The van der Waals surface area contributed by atoms with Crippen LogP contribution in [0.15, 0.2) is 24.3 Å². The van der Waals surface area contributed by atoms with Gasteiger partial charge in [0.05, 0.1) is 7.11 Å². The molecule has 2 rings (SSSR count). The average Bonchev–Trinajstić information content (AvgIpc) is 3.19. The van der Waals surface area contributed by atoms with Crippen LogP contribution < -0.4 is 15.0 Å². The molecule has 0 saturated carbocycles. The zero-order valence-corrected chi connectivity index (χ0v) is 18.5. The molecule has 0 aliphatic heterocycles. The second-order valence-corrected chi connectivity index (χ2v) is 7.54. The first-order valence-electron chi connectivity index (χ1n) is 10.1. The highest BCUT2D eigenvalue weighted by Gasteiger charge is 2.14. The number of nitrogens with one attached hydrogen (secondary N) is 1. The molecule has 0 saturated heterocycles. The fourth-order valence-corrected chi connectivity index (χ4v) is 3.57. The molecule has 0 fully saturated rings. The molecule has 1 N–H and O–H groups in total. The molecule has 0 atom stereocenters. The summed E-state index contributed by atoms with van der Waals surface area (Å²) in [5.74, 6) is 1.69. The first-order chi connectivity index (χ1) is 14.2. The van der Waals surface area contributed by atoms with Gasteiger partial charge in [-0.1, -0.05) is 25.5 Å². The van der Waals surface area contributed by atoms with Crippen LogP contribution in [0.4, 0.5) is 5.13 Å². The normalized spacial score (nSPS) is 10.7. The van der Waals surface area contributed by atoms with Crippen LogP contribution in [0.5, 0.6) is 5.75 Å². The summed E-state index contributed by atoms with van der Waals surface area (Å²) in [4.78, 5) is 19.0. The lowest BCUT2D eigenvalue weighted by molar-refractivity contribution is -0.120. The molecule has 1 aromatic heterocycles. The van der Waals surface area contributed by atoms with Crippen molar-refractivity contribution < 1.29 is 14.3 Å². The van der Waals surface area contributed by atoms with Crippen molar-refractivity contribution in [1.29, 1.82) is 0 Å². The first-order valence-corrected chi connectivity index (χ1v) is 10.9. The zero-order valence-electron chi connectivity index (χ0n) is 17.6. The summed E-state index contributed by atoms with van der Waals surface area (Å²) in [5, 5.41) is 3.82. The molecule has 0 radical (unpaired) electrons. The van der Waals surface area contributed by atoms with E-state index in [1.54, 1.807) is 14.2 Å². The fourth-order valence-electron chi connectivity index (χ4n) is 2.83. The second kappa shape index (κ2) is 13.1. The maximum Gasteiger partial charge on any atom is 0.221 e. The van der Waals surface area contributed by atoms with Gasteiger partial charge in [-0.25, -0.2) is 4.98 Å². The van der Waals surface area contributed by atoms with Crippen LogP contribution in [0.3, 0.4) is 0 Å². The lowest BCUT2D eigenvalue weighted by Crippen LogP contribution is -2.32. The minimum atomic E-state index is 0.0590. The lowest BCUT2D eigenvalue weighted by atomic mass is 10.1. The Morgan fingerprint density at radius 3 is 2.86 bits per heavy atom. The number of carbonyl (C=O) groups excluding carboxylic acids is 1. The molecule has 0 unspecified atom stereocenters. The number of ether oxygens (including phenoxy) is 2. The summed E-state index contributed by atoms with van der Waals surface area (Å²) in [6, 6.07) is 7.95. The van der Waals surface area contributed by atoms with Gasteiger partial charge in [-0.15, -0.1) is 0 Å². The van der Waals surface area contributed by atoms with E-state index in [0.29, 0.717) is 32.5 Å². The van der Waals surface area contributed by atoms with Gasteiger partial charge >= 0.3 is 0 Å². The van der Waals surface area contributed by atoms with Crippen molar-refractivity contribution in [2.24, 2.45) is 0 Å². The lowest BCUT2D eigenvalue weighted by Gasteiger charge is -2.20. The van der Waals surface area contributed by atoms with Crippen LogP contribution in [0.25, 0.3) is 0 Å². The highest BCUT2D eigenvalue weighted by molar-refractivity contribution is 7.09. The van der Waals surface area contributed by atoms with Crippen LogP contribution in [0, 0.1) is 0 Å². The number of carbonyl (C=O) groups is 1. The topological polar surface area (TPSA) is 76.6 Å². The molecular weight excluding hydrogens is 388 g/mol. The number of benzene rings is 1. The Bertz CT molecular complexity index is 738. The number of anilines is 1. The summed E-state index contributed by atoms with van der Waals surface area (Å²) in [7, 11) is 3.33. The quantitative estimate of drug-likeness (QED) is 0.473. The summed E-state index contributed by atoms with van der Waals surface area (Å²) in [6.45, 7) is 4.98. The standard InChI is InChI=1S/C21H32N4O3S/c1-4-5-12-25(13-10-20(26)22-11-7-14-27-2)21-23-19(24-29-21)16-17-8-6-9-18(15-17)28-3/h6,8-9,15H,4-5,7,10-14,16H2,1-3H3,(H,22,26). The number of aromatic nitrogens is 2. The third-order valence-corrected chi connectivity index (χ3v) is 5.28. The SMILES string of the molecule is CCCCN(CCC(=O)NCCCOC)c1nc(Cc2cccc(OC)c2)ns1. The smallest absolute Gasteiger partial charge is 0.221 e. The van der Waals surface area contributed by atoms with E-state index >= 15 is 0 Å². The van der Waals surface area contributed by atoms with Gasteiger partial charge in [0.1, 0.15) is 11.6 Å². The summed E-state index contributed by atoms with van der Waals surface area (Å²) >= 11 is 1.40. The van der Waals surface area contributed by atoms with Crippen LogP contribution in [0.2, 0.25) is 0 Å². The van der Waals surface area contributed by atoms with E-state index in [2.05, 4.69) is 21.5 Å². The van der Waals surface area contributed by atoms with Gasteiger partial charge in [0, 0.05) is 57.7 Å². The molecule has 0 bridgehead atoms. The molecule has 160 valence electrons. The maximum atomic E-state index is 12.1. The molecule has 0 spiro atoms. The zero-order chi connectivity index (χ0) is 20.9. The molecule has 0 aliphatic rings. The van der Waals surface area contributed by atoms with Gasteiger partial charge in [-0.05, 0) is 30.5 Å². The van der Waals surface area contributed by atoms with E-state index in [-0.39, 0.29) is 5.91 Å². The van der Waals surface area contributed by atoms with Crippen molar-refractivity contribution in [3.8, 4) is 5.75 Å². The number of hydrogen-bond donors (Lipinski definition) is 1. The average molecular weight is 421 g/mol. The van der Waals surface area contributed by atoms with Crippen molar-refractivity contribution >= 4 is 22.6 Å². The fraction of sp³-hybridized carbons (Fsp3) is 0.571. The monoisotopic (exact) mass is 420 g/mol. The van der Waals surface area contributed by atoms with Gasteiger partial charge < -0.3 is 19.7 Å². The van der Waals surface area contributed by atoms with Gasteiger partial charge in [-0.2, -0.15) is 4.37 Å². The Kier molecular flexibility index (Phi) is 10.4. The van der Waals surface area contributed by atoms with E-state index in [1.165, 1.54) is 11.5 Å². The van der Waals surface area contributed by atoms with Crippen LogP contribution in [-0.4, -0.2) is 55.7 Å². The summed E-state index contributed by atoms with van der Waals surface area (Å²) in [6.07, 6.45) is 4.08. The highest BCUT2D eigenvalue weighted by atomic mass is 32.1. The van der Waals surface area contributed by atoms with E-state index < -0.39 is 0 Å². The molecule has 1 heterocycles. The number of unbranched alkanes of at least 4 members (excludes halogenated alkanes) is 1. The Morgan fingerprint density at radius 1 is 1.24 bits per heavy atom. The molecule has 1 aromatic carbocycles. The molecule has 8 heteroatoms. The number of rotatable bonds is 14. The van der Waals surface area contributed by atoms with Crippen molar-refractivity contribution in [1.82, 2.24) is 14.7 Å². The second-order valence-electron chi connectivity index (χ2n) is 6.81. The van der Waals surface area contributed by atoms with Gasteiger partial charge in [0.2, 0.25) is 11.0 Å². The molecule has 29 heavy (non-hydrogen) atoms. The van der Waals surface area contributed by atoms with Crippen molar-refractivity contribution in [2.75, 3.05) is 45.4 Å². The Hall–Kier alpha value is -2.19. The Balaban J connectivity index is 1.92. The van der Waals surface area contributed by atoms with Crippen molar-refractivity contribution in [3.63, 3.8) is 0 Å². The first kappa shape index (κ1) is 23.1.